The van der Waals surface area contributed by atoms with Crippen molar-refractivity contribution in [1.82, 2.24) is 0 Å². The van der Waals surface area contributed by atoms with E-state index in [1.54, 1.807) is 7.11 Å². The molecule has 3 N–H and O–H groups in total. The van der Waals surface area contributed by atoms with Crippen molar-refractivity contribution in [1.29, 1.82) is 5.41 Å². The highest BCUT2D eigenvalue weighted by molar-refractivity contribution is 7.80. The molecule has 0 unspecified atom stereocenters. The van der Waals surface area contributed by atoms with Gasteiger partial charge in [0.15, 0.2) is 5.05 Å². The molecule has 3 nitrogen and oxygen atoms in total. The van der Waals surface area contributed by atoms with E-state index in [1.807, 2.05) is 0 Å². The van der Waals surface area contributed by atoms with Crippen molar-refractivity contribution in [2.75, 3.05) is 7.11 Å². The second kappa shape index (κ2) is 5.17. The molecule has 0 saturated carbocycles. The largest absolute Gasteiger partial charge is 0.490 e. The minimum Gasteiger partial charge on any atom is -0.490 e. The summed E-state index contributed by atoms with van der Waals surface area (Å²) in [6.07, 6.45) is 2.12. The summed E-state index contributed by atoms with van der Waals surface area (Å²) in [6.45, 7) is 0. The first-order valence-corrected chi connectivity index (χ1v) is 3.47. The lowest BCUT2D eigenvalue weighted by molar-refractivity contribution is 0.401. The van der Waals surface area contributed by atoms with Crippen molar-refractivity contribution in [2.24, 2.45) is 5.73 Å². The molecular formula is C6H12N2OS. The number of hydrogen-bond acceptors (Lipinski definition) is 3. The molecular weight excluding hydrogens is 148 g/mol. The van der Waals surface area contributed by atoms with Crippen LogP contribution in [-0.2, 0) is 4.74 Å². The summed E-state index contributed by atoms with van der Waals surface area (Å²) in [4.78, 5) is 0. The van der Waals surface area contributed by atoms with Gasteiger partial charge in [0, 0.05) is 12.8 Å². The number of methoxy groups -OCH3 is 1. The average Bonchev–Trinajstić information content (AvgIpc) is 1.87. The number of amidine groups is 1. The van der Waals surface area contributed by atoms with Crippen LogP contribution in [0.1, 0.15) is 19.3 Å². The summed E-state index contributed by atoms with van der Waals surface area (Å²) in [7, 11) is 1.55. The predicted octanol–water partition coefficient (Wildman–Crippen LogP) is 1.07. The summed E-state index contributed by atoms with van der Waals surface area (Å²) in [6, 6.07) is 0. The Morgan fingerprint density at radius 2 is 2.20 bits per heavy atom. The van der Waals surface area contributed by atoms with E-state index in [9.17, 15) is 0 Å². The van der Waals surface area contributed by atoms with Gasteiger partial charge in [-0.1, -0.05) is 0 Å². The Balaban J connectivity index is 3.20. The molecule has 0 amide bonds. The van der Waals surface area contributed by atoms with Crippen molar-refractivity contribution in [3.63, 3.8) is 0 Å². The topological polar surface area (TPSA) is 59.1 Å². The van der Waals surface area contributed by atoms with Crippen LogP contribution in [0.25, 0.3) is 0 Å². The van der Waals surface area contributed by atoms with E-state index in [1.165, 1.54) is 0 Å². The minimum absolute atomic E-state index is 0.207. The fraction of sp³-hybridized carbons (Fsp3) is 0.667. The lowest BCUT2D eigenvalue weighted by Gasteiger charge is -1.99. The Kier molecular flexibility index (Phi) is 4.84. The van der Waals surface area contributed by atoms with Crippen LogP contribution in [0.4, 0.5) is 0 Å². The van der Waals surface area contributed by atoms with Gasteiger partial charge < -0.3 is 10.5 Å². The van der Waals surface area contributed by atoms with Crippen LogP contribution >= 0.6 is 12.2 Å². The first-order chi connectivity index (χ1) is 4.66. The third kappa shape index (κ3) is 5.50. The first kappa shape index (κ1) is 9.36. The molecule has 58 valence electrons. The molecule has 0 saturated heterocycles. The minimum atomic E-state index is 0.207. The van der Waals surface area contributed by atoms with E-state index in [0.29, 0.717) is 17.9 Å². The Morgan fingerprint density at radius 3 is 2.60 bits per heavy atom. The Hall–Kier alpha value is -0.640. The molecule has 0 bridgehead atoms. The Bertz CT molecular complexity index is 136. The van der Waals surface area contributed by atoms with E-state index in [0.717, 1.165) is 6.42 Å². The van der Waals surface area contributed by atoms with E-state index in [2.05, 4.69) is 0 Å². The molecule has 0 aromatic rings. The molecule has 0 aliphatic heterocycles. The van der Waals surface area contributed by atoms with Crippen LogP contribution in [0, 0.1) is 5.41 Å². The number of thiocarbonyl (C=S) groups is 1. The van der Waals surface area contributed by atoms with Crippen LogP contribution in [0.5, 0.6) is 0 Å². The molecule has 0 atom stereocenters. The molecule has 4 heteroatoms. The van der Waals surface area contributed by atoms with Gasteiger partial charge in [-0.05, 0) is 18.6 Å². The maximum atomic E-state index is 6.89. The smallest absolute Gasteiger partial charge is 0.159 e. The molecule has 0 radical (unpaired) electrons. The summed E-state index contributed by atoms with van der Waals surface area (Å²) in [5.41, 5.74) is 5.12. The van der Waals surface area contributed by atoms with Gasteiger partial charge in [0.05, 0.1) is 12.9 Å². The van der Waals surface area contributed by atoms with Crippen molar-refractivity contribution in [3.05, 3.63) is 0 Å². The van der Waals surface area contributed by atoms with E-state index in [4.69, 9.17) is 28.1 Å². The second-order valence-electron chi connectivity index (χ2n) is 1.95. The number of nitrogens with one attached hydrogen (secondary N) is 1. The van der Waals surface area contributed by atoms with Crippen molar-refractivity contribution >= 4 is 23.1 Å². The van der Waals surface area contributed by atoms with Gasteiger partial charge >= 0.3 is 0 Å². The van der Waals surface area contributed by atoms with Gasteiger partial charge in [-0.25, -0.2) is 0 Å². The molecule has 10 heavy (non-hydrogen) atoms. The lowest BCUT2D eigenvalue weighted by atomic mass is 10.2. The Morgan fingerprint density at radius 1 is 1.60 bits per heavy atom. The molecule has 0 rings (SSSR count). The third-order valence-electron chi connectivity index (χ3n) is 1.05. The molecule has 0 aromatic heterocycles. The molecule has 0 spiro atoms. The van der Waals surface area contributed by atoms with Crippen LogP contribution in [0.2, 0.25) is 0 Å². The molecule has 0 aliphatic rings. The van der Waals surface area contributed by atoms with Crippen LogP contribution in [-0.4, -0.2) is 18.0 Å². The maximum Gasteiger partial charge on any atom is 0.159 e. The highest BCUT2D eigenvalue weighted by Gasteiger charge is 1.95. The fourth-order valence-electron chi connectivity index (χ4n) is 0.525. The quantitative estimate of drug-likeness (QED) is 0.367. The number of nitrogens with two attached hydrogens (primary N) is 1. The van der Waals surface area contributed by atoms with Gasteiger partial charge in [-0.2, -0.15) is 0 Å². The predicted molar refractivity (Wildman–Crippen MR) is 45.4 cm³/mol. The number of hydrogen-bond donors (Lipinski definition) is 2. The summed E-state index contributed by atoms with van der Waals surface area (Å²) in [5.74, 6) is 0.207. The van der Waals surface area contributed by atoms with Crippen LogP contribution in [0.15, 0.2) is 0 Å². The van der Waals surface area contributed by atoms with Crippen LogP contribution in [0.3, 0.4) is 0 Å². The van der Waals surface area contributed by atoms with Crippen molar-refractivity contribution < 1.29 is 4.74 Å². The molecule has 0 aliphatic carbocycles. The zero-order valence-electron chi connectivity index (χ0n) is 6.02. The number of rotatable bonds is 4. The molecule has 0 heterocycles. The normalized spacial score (nSPS) is 8.90. The second-order valence-corrected chi connectivity index (χ2v) is 2.41. The molecule has 0 fully saturated rings. The molecule has 0 aromatic carbocycles. The van der Waals surface area contributed by atoms with Gasteiger partial charge in [0.25, 0.3) is 0 Å². The van der Waals surface area contributed by atoms with Crippen molar-refractivity contribution in [3.8, 4) is 0 Å². The lowest BCUT2D eigenvalue weighted by Crippen LogP contribution is -2.09. The van der Waals surface area contributed by atoms with Crippen molar-refractivity contribution in [2.45, 2.75) is 19.3 Å². The highest BCUT2D eigenvalue weighted by Crippen LogP contribution is 1.97. The number of ether oxygens (including phenoxy) is 1. The summed E-state index contributed by atoms with van der Waals surface area (Å²) >= 11 is 4.77. The first-order valence-electron chi connectivity index (χ1n) is 3.06. The SMILES string of the molecule is COC(=S)CCCC(=N)N. The summed E-state index contributed by atoms with van der Waals surface area (Å²) in [5, 5.41) is 7.47. The van der Waals surface area contributed by atoms with Gasteiger partial charge in [-0.15, -0.1) is 0 Å². The zero-order valence-corrected chi connectivity index (χ0v) is 6.83. The highest BCUT2D eigenvalue weighted by atomic mass is 32.1. The van der Waals surface area contributed by atoms with Crippen LogP contribution < -0.4 is 5.73 Å². The maximum absolute atomic E-state index is 6.89. The van der Waals surface area contributed by atoms with E-state index < -0.39 is 0 Å². The van der Waals surface area contributed by atoms with E-state index in [-0.39, 0.29) is 5.84 Å². The van der Waals surface area contributed by atoms with Gasteiger partial charge in [0.1, 0.15) is 0 Å². The van der Waals surface area contributed by atoms with Gasteiger partial charge in [-0.3, -0.25) is 5.41 Å². The summed E-state index contributed by atoms with van der Waals surface area (Å²) < 4.78 is 4.75. The average molecular weight is 160 g/mol. The Labute approximate surface area is 66.1 Å². The third-order valence-corrected chi connectivity index (χ3v) is 1.43. The zero-order chi connectivity index (χ0) is 7.98. The van der Waals surface area contributed by atoms with E-state index >= 15 is 0 Å². The standard InChI is InChI=1S/C6H12N2OS/c1-9-6(10)4-2-3-5(7)8/h2-4H2,1H3,(H3,7,8). The monoisotopic (exact) mass is 160 g/mol. The fourth-order valence-corrected chi connectivity index (χ4v) is 0.670. The van der Waals surface area contributed by atoms with Gasteiger partial charge in [0.2, 0.25) is 0 Å².